The van der Waals surface area contributed by atoms with Crippen LogP contribution in [0.25, 0.3) is 15.9 Å². The molecular weight excluding hydrogens is 290 g/mol. The Labute approximate surface area is 125 Å². The minimum atomic E-state index is 0.914. The number of hydrogen-bond acceptors (Lipinski definition) is 5. The molecule has 0 saturated carbocycles. The molecule has 1 atom stereocenters. The van der Waals surface area contributed by atoms with Gasteiger partial charge in [-0.2, -0.15) is 0 Å². The smallest absolute Gasteiger partial charge is 0.176 e. The number of aryl methyl sites for hydroxylation is 1. The van der Waals surface area contributed by atoms with Gasteiger partial charge in [0.1, 0.15) is 17.2 Å². The Morgan fingerprint density at radius 3 is 3.00 bits per heavy atom. The number of quaternary nitrogens is 1. The van der Waals surface area contributed by atoms with Gasteiger partial charge in [0, 0.05) is 6.42 Å². The number of aromatic nitrogens is 4. The van der Waals surface area contributed by atoms with Crippen molar-refractivity contribution in [2.24, 2.45) is 0 Å². The summed E-state index contributed by atoms with van der Waals surface area (Å²) < 4.78 is 2.09. The molecule has 1 unspecified atom stereocenters. The number of nitrogens with one attached hydrogen (secondary N) is 1. The Kier molecular flexibility index (Phi) is 2.77. The molecule has 0 fully saturated rings. The Balaban J connectivity index is 2.13. The fourth-order valence-corrected chi connectivity index (χ4v) is 4.91. The molecule has 0 aromatic carbocycles. The molecule has 1 aliphatic heterocycles. The van der Waals surface area contributed by atoms with E-state index in [1.165, 1.54) is 22.4 Å². The topological polar surface area (TPSA) is 47.5 Å². The first-order valence-corrected chi connectivity index (χ1v) is 8.74. The largest absolute Gasteiger partial charge is 0.333 e. The predicted octanol–water partition coefficient (Wildman–Crippen LogP) is 0.940. The van der Waals surface area contributed by atoms with Crippen LogP contribution >= 0.6 is 23.1 Å². The van der Waals surface area contributed by atoms with Gasteiger partial charge in [0.15, 0.2) is 10.8 Å². The second kappa shape index (κ2) is 4.41. The minimum absolute atomic E-state index is 0.914. The first-order chi connectivity index (χ1) is 9.69. The van der Waals surface area contributed by atoms with Crippen molar-refractivity contribution in [3.8, 4) is 0 Å². The van der Waals surface area contributed by atoms with E-state index in [1.54, 1.807) is 16.7 Å². The first kappa shape index (κ1) is 12.6. The third-order valence-electron chi connectivity index (χ3n) is 3.96. The highest BCUT2D eigenvalue weighted by atomic mass is 32.2. The van der Waals surface area contributed by atoms with Crippen LogP contribution < -0.4 is 4.90 Å². The normalized spacial score (nSPS) is 18.9. The molecule has 5 nitrogen and oxygen atoms in total. The van der Waals surface area contributed by atoms with Crippen LogP contribution in [-0.4, -0.2) is 39.4 Å². The predicted molar refractivity (Wildman–Crippen MR) is 81.8 cm³/mol. The van der Waals surface area contributed by atoms with Crippen molar-refractivity contribution in [3.05, 3.63) is 16.3 Å². The van der Waals surface area contributed by atoms with Crippen molar-refractivity contribution < 1.29 is 4.90 Å². The maximum Gasteiger partial charge on any atom is 0.176 e. The standard InChI is InChI=1S/C13H15N5S2/c1-7-15-16-11-10-8-4-5-17(2)6-9(8)20-12(10)14-13(19-3)18(7)11/h4-6H2,1-3H3/p+1. The molecule has 1 aliphatic rings. The summed E-state index contributed by atoms with van der Waals surface area (Å²) in [7, 11) is 2.25. The number of rotatable bonds is 1. The van der Waals surface area contributed by atoms with Gasteiger partial charge < -0.3 is 4.90 Å². The van der Waals surface area contributed by atoms with Gasteiger partial charge in [0.05, 0.1) is 23.9 Å². The number of fused-ring (bicyclic) bond motifs is 5. The van der Waals surface area contributed by atoms with E-state index >= 15 is 0 Å². The number of thioether (sulfide) groups is 1. The van der Waals surface area contributed by atoms with Crippen LogP contribution in [-0.2, 0) is 13.0 Å². The van der Waals surface area contributed by atoms with E-state index in [-0.39, 0.29) is 0 Å². The fourth-order valence-electron chi connectivity index (χ4n) is 2.94. The highest BCUT2D eigenvalue weighted by Gasteiger charge is 2.25. The summed E-state index contributed by atoms with van der Waals surface area (Å²) in [6.45, 7) is 4.27. The summed E-state index contributed by atoms with van der Waals surface area (Å²) in [6.07, 6.45) is 3.17. The van der Waals surface area contributed by atoms with Crippen molar-refractivity contribution in [3.63, 3.8) is 0 Å². The molecule has 1 N–H and O–H groups in total. The summed E-state index contributed by atoms with van der Waals surface area (Å²) in [5.41, 5.74) is 2.43. The van der Waals surface area contributed by atoms with Gasteiger partial charge in [-0.05, 0) is 18.7 Å². The molecule has 0 spiro atoms. The second-order valence-electron chi connectivity index (χ2n) is 5.32. The molecule has 0 bridgehead atoms. The summed E-state index contributed by atoms with van der Waals surface area (Å²) in [4.78, 5) is 9.00. The van der Waals surface area contributed by atoms with Crippen LogP contribution in [0.5, 0.6) is 0 Å². The van der Waals surface area contributed by atoms with Crippen molar-refractivity contribution >= 4 is 39.0 Å². The Morgan fingerprint density at radius 2 is 2.20 bits per heavy atom. The second-order valence-corrected chi connectivity index (χ2v) is 7.18. The fraction of sp³-hybridized carbons (Fsp3) is 0.462. The zero-order chi connectivity index (χ0) is 13.9. The van der Waals surface area contributed by atoms with Crippen molar-refractivity contribution in [1.29, 1.82) is 0 Å². The molecule has 0 aliphatic carbocycles. The van der Waals surface area contributed by atoms with Gasteiger partial charge in [-0.1, -0.05) is 11.8 Å². The van der Waals surface area contributed by atoms with Crippen molar-refractivity contribution in [2.75, 3.05) is 19.8 Å². The highest BCUT2D eigenvalue weighted by molar-refractivity contribution is 7.98. The van der Waals surface area contributed by atoms with Crippen LogP contribution in [0.15, 0.2) is 5.16 Å². The lowest BCUT2D eigenvalue weighted by molar-refractivity contribution is -0.895. The maximum absolute atomic E-state index is 4.84. The Morgan fingerprint density at radius 1 is 1.35 bits per heavy atom. The lowest BCUT2D eigenvalue weighted by Gasteiger charge is -2.19. The first-order valence-electron chi connectivity index (χ1n) is 6.70. The van der Waals surface area contributed by atoms with Crippen LogP contribution in [0.2, 0.25) is 0 Å². The molecular formula is C13H16N5S2+. The number of likely N-dealkylation sites (N-methyl/N-ethyl adjacent to an activating group) is 1. The molecule has 3 aromatic heterocycles. The van der Waals surface area contributed by atoms with Gasteiger partial charge in [-0.25, -0.2) is 4.98 Å². The SMILES string of the molecule is CSc1nc2sc3c(c2c2nnc(C)n12)CC[NH+](C)C3. The molecule has 7 heteroatoms. The van der Waals surface area contributed by atoms with Crippen molar-refractivity contribution in [1.82, 2.24) is 19.6 Å². The monoisotopic (exact) mass is 306 g/mol. The molecule has 0 saturated heterocycles. The molecule has 20 heavy (non-hydrogen) atoms. The quantitative estimate of drug-likeness (QED) is 0.537. The third kappa shape index (κ3) is 1.63. The van der Waals surface area contributed by atoms with E-state index in [0.717, 1.165) is 34.4 Å². The van der Waals surface area contributed by atoms with Crippen LogP contribution in [0.1, 0.15) is 16.3 Å². The van der Waals surface area contributed by atoms with Gasteiger partial charge in [-0.3, -0.25) is 4.40 Å². The van der Waals surface area contributed by atoms with Crippen LogP contribution in [0.3, 0.4) is 0 Å². The third-order valence-corrected chi connectivity index (χ3v) is 5.72. The van der Waals surface area contributed by atoms with Gasteiger partial charge in [0.25, 0.3) is 0 Å². The average molecular weight is 306 g/mol. The molecule has 3 aromatic rings. The molecule has 0 amide bonds. The highest BCUT2D eigenvalue weighted by Crippen LogP contribution is 2.35. The summed E-state index contributed by atoms with van der Waals surface area (Å²) in [5.74, 6) is 0.914. The van der Waals surface area contributed by atoms with Crippen LogP contribution in [0, 0.1) is 6.92 Å². The average Bonchev–Trinajstić information content (AvgIpc) is 2.98. The van der Waals surface area contributed by atoms with Gasteiger partial charge >= 0.3 is 0 Å². The summed E-state index contributed by atoms with van der Waals surface area (Å²) in [6, 6.07) is 0. The van der Waals surface area contributed by atoms with Crippen LogP contribution in [0.4, 0.5) is 0 Å². The number of nitrogens with zero attached hydrogens (tertiary/aromatic N) is 4. The number of hydrogen-bond donors (Lipinski definition) is 1. The Bertz CT molecular complexity index is 819. The zero-order valence-electron chi connectivity index (χ0n) is 11.7. The van der Waals surface area contributed by atoms with E-state index in [4.69, 9.17) is 4.98 Å². The molecule has 0 radical (unpaired) electrons. The number of thiophene rings is 1. The van der Waals surface area contributed by atoms with E-state index in [9.17, 15) is 0 Å². The lowest BCUT2D eigenvalue weighted by atomic mass is 10.1. The minimum Gasteiger partial charge on any atom is -0.333 e. The van der Waals surface area contributed by atoms with Gasteiger partial charge in [-0.15, -0.1) is 21.5 Å². The molecule has 104 valence electrons. The summed E-state index contributed by atoms with van der Waals surface area (Å²) in [5, 5.41) is 10.9. The van der Waals surface area contributed by atoms with Crippen molar-refractivity contribution in [2.45, 2.75) is 25.0 Å². The van der Waals surface area contributed by atoms with E-state index < -0.39 is 0 Å². The lowest BCUT2D eigenvalue weighted by Crippen LogP contribution is -3.08. The molecule has 4 heterocycles. The summed E-state index contributed by atoms with van der Waals surface area (Å²) >= 11 is 3.48. The zero-order valence-corrected chi connectivity index (χ0v) is 13.4. The molecule has 4 rings (SSSR count). The Hall–Kier alpha value is -1.18. The van der Waals surface area contributed by atoms with E-state index in [1.807, 2.05) is 18.3 Å². The van der Waals surface area contributed by atoms with E-state index in [2.05, 4.69) is 27.9 Å². The van der Waals surface area contributed by atoms with Gasteiger partial charge in [0.2, 0.25) is 0 Å². The maximum atomic E-state index is 4.84. The van der Waals surface area contributed by atoms with E-state index in [0.29, 0.717) is 0 Å².